The van der Waals surface area contributed by atoms with E-state index in [1.165, 1.54) is 23.9 Å². The van der Waals surface area contributed by atoms with Gasteiger partial charge in [0.05, 0.1) is 15.4 Å². The van der Waals surface area contributed by atoms with E-state index >= 15 is 0 Å². The van der Waals surface area contributed by atoms with Crippen molar-refractivity contribution in [1.29, 1.82) is 0 Å². The standard InChI is InChI=1S/C25H21N3O6S2/c1-14-9-19(20(28(32)33)10-15(14)2)21-8-7-17(34-21)12-22-24(30)27(25(31)36-22)13-23(29)26-16-5-4-6-18(11-16)35-3/h4-12H,13H2,1-3H3,(H,26,29)/b22-12-. The molecule has 2 aromatic carbocycles. The van der Waals surface area contributed by atoms with E-state index in [9.17, 15) is 24.5 Å². The highest BCUT2D eigenvalue weighted by Crippen LogP contribution is 2.36. The van der Waals surface area contributed by atoms with Gasteiger partial charge in [-0.05, 0) is 79.4 Å². The van der Waals surface area contributed by atoms with Crippen LogP contribution in [-0.4, -0.2) is 39.7 Å². The van der Waals surface area contributed by atoms with Gasteiger partial charge in [0.1, 0.15) is 18.1 Å². The summed E-state index contributed by atoms with van der Waals surface area (Å²) in [6.07, 6.45) is 3.31. The average Bonchev–Trinajstić information content (AvgIpc) is 3.40. The van der Waals surface area contributed by atoms with Crippen LogP contribution in [-0.2, 0) is 9.59 Å². The normalized spacial score (nSPS) is 14.5. The molecule has 0 saturated carbocycles. The van der Waals surface area contributed by atoms with Gasteiger partial charge in [-0.25, -0.2) is 0 Å². The van der Waals surface area contributed by atoms with Crippen molar-refractivity contribution < 1.29 is 23.7 Å². The molecule has 3 amide bonds. The highest BCUT2D eigenvalue weighted by atomic mass is 32.2. The number of rotatable bonds is 7. The molecule has 4 rings (SSSR count). The molecule has 1 aromatic heterocycles. The van der Waals surface area contributed by atoms with E-state index in [4.69, 9.17) is 4.42 Å². The SMILES string of the molecule is CSc1cccc(NC(=O)CN2C(=O)S/C(=C\c3ccc(-c4cc(C)c(C)cc4[N+](=O)[O-])o3)C2=O)c1. The average molecular weight is 524 g/mol. The van der Waals surface area contributed by atoms with Crippen LogP contribution in [0.1, 0.15) is 16.9 Å². The molecule has 9 nitrogen and oxygen atoms in total. The number of furan rings is 1. The number of hydrogen-bond acceptors (Lipinski definition) is 8. The van der Waals surface area contributed by atoms with Crippen LogP contribution >= 0.6 is 23.5 Å². The van der Waals surface area contributed by atoms with Crippen molar-refractivity contribution in [3.8, 4) is 11.3 Å². The number of amides is 3. The Morgan fingerprint density at radius 2 is 1.92 bits per heavy atom. The van der Waals surface area contributed by atoms with Gasteiger partial charge in [0.15, 0.2) is 0 Å². The first-order chi connectivity index (χ1) is 17.2. The van der Waals surface area contributed by atoms with Gasteiger partial charge in [-0.15, -0.1) is 11.8 Å². The van der Waals surface area contributed by atoms with E-state index in [1.54, 1.807) is 43.3 Å². The summed E-state index contributed by atoms with van der Waals surface area (Å²) in [5.74, 6) is -0.601. The molecule has 1 aliphatic rings. The summed E-state index contributed by atoms with van der Waals surface area (Å²) in [5.41, 5.74) is 2.45. The Morgan fingerprint density at radius 1 is 1.17 bits per heavy atom. The van der Waals surface area contributed by atoms with Gasteiger partial charge in [-0.3, -0.25) is 29.4 Å². The number of carbonyl (C=O) groups is 3. The third kappa shape index (κ3) is 5.37. The third-order valence-electron chi connectivity index (χ3n) is 5.50. The lowest BCUT2D eigenvalue weighted by atomic mass is 10.0. The van der Waals surface area contributed by atoms with Crippen LogP contribution in [0.2, 0.25) is 0 Å². The first-order valence-corrected chi connectivity index (χ1v) is 12.8. The van der Waals surface area contributed by atoms with E-state index in [0.717, 1.165) is 20.9 Å². The van der Waals surface area contributed by atoms with Gasteiger partial charge in [-0.1, -0.05) is 6.07 Å². The van der Waals surface area contributed by atoms with Crippen molar-refractivity contribution in [3.05, 3.63) is 80.4 Å². The molecule has 11 heteroatoms. The highest BCUT2D eigenvalue weighted by molar-refractivity contribution is 8.18. The summed E-state index contributed by atoms with van der Waals surface area (Å²) in [7, 11) is 0. The minimum Gasteiger partial charge on any atom is -0.456 e. The zero-order valence-electron chi connectivity index (χ0n) is 19.6. The Balaban J connectivity index is 1.50. The molecular formula is C25H21N3O6S2. The molecule has 1 fully saturated rings. The fourth-order valence-electron chi connectivity index (χ4n) is 3.53. The molecular weight excluding hydrogens is 502 g/mol. The second-order valence-corrected chi connectivity index (χ2v) is 9.83. The minimum atomic E-state index is -0.617. The summed E-state index contributed by atoms with van der Waals surface area (Å²) in [6.45, 7) is 3.21. The van der Waals surface area contributed by atoms with Gasteiger partial charge in [0, 0.05) is 22.7 Å². The molecule has 1 aliphatic heterocycles. The monoisotopic (exact) mass is 523 g/mol. The molecule has 3 aromatic rings. The number of imide groups is 1. The van der Waals surface area contributed by atoms with Crippen LogP contribution < -0.4 is 5.32 Å². The minimum absolute atomic E-state index is 0.0894. The quantitative estimate of drug-likeness (QED) is 0.177. The number of aryl methyl sites for hydroxylation is 2. The third-order valence-corrected chi connectivity index (χ3v) is 7.14. The first kappa shape index (κ1) is 25.3. The van der Waals surface area contributed by atoms with Gasteiger partial charge >= 0.3 is 0 Å². The number of thioether (sulfide) groups is 2. The maximum absolute atomic E-state index is 12.8. The van der Waals surface area contributed by atoms with Crippen molar-refractivity contribution in [2.24, 2.45) is 0 Å². The van der Waals surface area contributed by atoms with Crippen molar-refractivity contribution in [1.82, 2.24) is 4.90 Å². The second kappa shape index (κ2) is 10.4. The Morgan fingerprint density at radius 3 is 2.64 bits per heavy atom. The van der Waals surface area contributed by atoms with Gasteiger partial charge in [0.2, 0.25) is 5.91 Å². The lowest BCUT2D eigenvalue weighted by molar-refractivity contribution is -0.384. The molecule has 0 bridgehead atoms. The number of nitro benzene ring substituents is 1. The number of nitrogens with one attached hydrogen (secondary N) is 1. The predicted molar refractivity (Wildman–Crippen MR) is 140 cm³/mol. The van der Waals surface area contributed by atoms with Crippen LogP contribution in [0.3, 0.4) is 0 Å². The Hall–Kier alpha value is -3.83. The van der Waals surface area contributed by atoms with Gasteiger partial charge in [-0.2, -0.15) is 0 Å². The number of carbonyl (C=O) groups excluding carboxylic acids is 3. The zero-order chi connectivity index (χ0) is 26.0. The molecule has 1 N–H and O–H groups in total. The molecule has 36 heavy (non-hydrogen) atoms. The number of anilines is 1. The van der Waals surface area contributed by atoms with Crippen LogP contribution in [0.25, 0.3) is 17.4 Å². The number of nitro groups is 1. The van der Waals surface area contributed by atoms with E-state index in [1.807, 2.05) is 19.2 Å². The summed E-state index contributed by atoms with van der Waals surface area (Å²) in [5, 5.41) is 13.6. The maximum Gasteiger partial charge on any atom is 0.294 e. The molecule has 0 aliphatic carbocycles. The molecule has 1 saturated heterocycles. The first-order valence-electron chi connectivity index (χ1n) is 10.7. The van der Waals surface area contributed by atoms with Crippen LogP contribution in [0, 0.1) is 24.0 Å². The molecule has 184 valence electrons. The van der Waals surface area contributed by atoms with Crippen LogP contribution in [0.5, 0.6) is 0 Å². The molecule has 2 heterocycles. The Labute approximate surface area is 215 Å². The highest BCUT2D eigenvalue weighted by Gasteiger charge is 2.36. The molecule has 0 radical (unpaired) electrons. The maximum atomic E-state index is 12.8. The van der Waals surface area contributed by atoms with Crippen molar-refractivity contribution >= 4 is 58.0 Å². The Kier molecular flexibility index (Phi) is 7.32. The van der Waals surface area contributed by atoms with E-state index < -0.39 is 28.5 Å². The van der Waals surface area contributed by atoms with Gasteiger partial charge in [0.25, 0.3) is 16.8 Å². The largest absolute Gasteiger partial charge is 0.456 e. The second-order valence-electron chi connectivity index (χ2n) is 7.96. The summed E-state index contributed by atoms with van der Waals surface area (Å²) in [6, 6.07) is 13.5. The topological polar surface area (TPSA) is 123 Å². The molecule has 0 atom stereocenters. The van der Waals surface area contributed by atoms with Crippen LogP contribution in [0.4, 0.5) is 16.2 Å². The number of benzene rings is 2. The Bertz CT molecular complexity index is 1430. The fourth-order valence-corrected chi connectivity index (χ4v) is 4.81. The lowest BCUT2D eigenvalue weighted by Gasteiger charge is -2.12. The summed E-state index contributed by atoms with van der Waals surface area (Å²) in [4.78, 5) is 50.7. The smallest absolute Gasteiger partial charge is 0.294 e. The van der Waals surface area contributed by atoms with E-state index in [0.29, 0.717) is 23.0 Å². The number of hydrogen-bond donors (Lipinski definition) is 1. The van der Waals surface area contributed by atoms with Crippen molar-refractivity contribution in [2.45, 2.75) is 18.7 Å². The zero-order valence-corrected chi connectivity index (χ0v) is 21.2. The fraction of sp³-hybridized carbons (Fsp3) is 0.160. The molecule has 0 spiro atoms. The summed E-state index contributed by atoms with van der Waals surface area (Å²) >= 11 is 2.22. The molecule has 0 unspecified atom stereocenters. The van der Waals surface area contributed by atoms with Crippen molar-refractivity contribution in [2.75, 3.05) is 18.1 Å². The summed E-state index contributed by atoms with van der Waals surface area (Å²) < 4.78 is 5.76. The van der Waals surface area contributed by atoms with E-state index in [2.05, 4.69) is 5.32 Å². The van der Waals surface area contributed by atoms with Gasteiger partial charge < -0.3 is 9.73 Å². The van der Waals surface area contributed by atoms with E-state index in [-0.39, 0.29) is 22.1 Å². The number of nitrogens with zero attached hydrogens (tertiary/aromatic N) is 2. The van der Waals surface area contributed by atoms with Crippen molar-refractivity contribution in [3.63, 3.8) is 0 Å². The lowest BCUT2D eigenvalue weighted by Crippen LogP contribution is -2.36. The predicted octanol–water partition coefficient (Wildman–Crippen LogP) is 5.87. The van der Waals surface area contributed by atoms with Crippen LogP contribution in [0.15, 0.2) is 62.7 Å².